The molecule has 2 heterocycles. The number of nitrogens with one attached hydrogen (secondary N) is 1. The highest BCUT2D eigenvalue weighted by Crippen LogP contribution is 2.36. The van der Waals surface area contributed by atoms with Gasteiger partial charge in [0.15, 0.2) is 6.10 Å². The van der Waals surface area contributed by atoms with Crippen molar-refractivity contribution in [2.75, 3.05) is 18.7 Å². The Morgan fingerprint density at radius 2 is 2.14 bits per heavy atom. The van der Waals surface area contributed by atoms with E-state index in [1.165, 1.54) is 24.5 Å². The largest absolute Gasteiger partial charge is 0.483 e. The highest BCUT2D eigenvalue weighted by molar-refractivity contribution is 7.20. The Hall–Kier alpha value is -3.32. The summed E-state index contributed by atoms with van der Waals surface area (Å²) in [4.78, 5) is 20.3. The van der Waals surface area contributed by atoms with Crippen LogP contribution in [-0.2, 0) is 0 Å². The van der Waals surface area contributed by atoms with Gasteiger partial charge in [-0.05, 0) is 24.6 Å². The van der Waals surface area contributed by atoms with Crippen molar-refractivity contribution in [2.24, 2.45) is 0 Å². The third kappa shape index (κ3) is 3.70. The van der Waals surface area contributed by atoms with Gasteiger partial charge in [-0.2, -0.15) is 5.26 Å². The third-order valence-electron chi connectivity index (χ3n) is 3.92. The predicted molar refractivity (Wildman–Crippen MR) is 99.9 cm³/mol. The minimum Gasteiger partial charge on any atom is -0.483 e. The fraction of sp³-hybridized carbons (Fsp3) is 0.222. The molecule has 0 saturated heterocycles. The molecule has 2 aromatic heterocycles. The summed E-state index contributed by atoms with van der Waals surface area (Å²) in [6.45, 7) is -0.415. The molecule has 3 aromatic rings. The van der Waals surface area contributed by atoms with Crippen molar-refractivity contribution in [1.29, 1.82) is 5.26 Å². The van der Waals surface area contributed by atoms with Crippen LogP contribution < -0.4 is 10.1 Å². The van der Waals surface area contributed by atoms with E-state index in [1.54, 1.807) is 6.92 Å². The van der Waals surface area contributed by atoms with Crippen LogP contribution in [0.1, 0.15) is 20.8 Å². The van der Waals surface area contributed by atoms with Crippen LogP contribution in [-0.4, -0.2) is 40.5 Å². The van der Waals surface area contributed by atoms with Crippen molar-refractivity contribution < 1.29 is 23.4 Å². The van der Waals surface area contributed by atoms with Crippen molar-refractivity contribution in [3.05, 3.63) is 40.5 Å². The van der Waals surface area contributed by atoms with Crippen molar-refractivity contribution in [2.45, 2.75) is 13.0 Å². The molecule has 10 heteroatoms. The van der Waals surface area contributed by atoms with Crippen molar-refractivity contribution in [3.63, 3.8) is 0 Å². The van der Waals surface area contributed by atoms with Gasteiger partial charge in [-0.1, -0.05) is 0 Å². The highest BCUT2D eigenvalue weighted by atomic mass is 32.1. The maximum atomic E-state index is 12.9. The second-order valence-electron chi connectivity index (χ2n) is 5.76. The molecule has 3 rings (SSSR count). The molecule has 0 saturated carbocycles. The monoisotopic (exact) mass is 404 g/mol. The Morgan fingerprint density at radius 1 is 1.39 bits per heavy atom. The molecule has 0 aliphatic carbocycles. The molecule has 7 nitrogen and oxygen atoms in total. The summed E-state index contributed by atoms with van der Waals surface area (Å²) < 4.78 is 31.1. The van der Waals surface area contributed by atoms with Crippen LogP contribution in [0, 0.1) is 18.3 Å². The number of aromatic carboxylic acids is 1. The van der Waals surface area contributed by atoms with Gasteiger partial charge in [-0.15, -0.1) is 11.3 Å². The second-order valence-corrected chi connectivity index (χ2v) is 6.76. The zero-order valence-electron chi connectivity index (χ0n) is 14.6. The van der Waals surface area contributed by atoms with E-state index in [0.29, 0.717) is 27.3 Å². The first-order valence-electron chi connectivity index (χ1n) is 8.05. The van der Waals surface area contributed by atoms with Gasteiger partial charge in [0.25, 0.3) is 0 Å². The molecular formula is C18H14F2N4O3S. The topological polar surface area (TPSA) is 108 Å². The number of hydrogen-bond donors (Lipinski definition) is 2. The Balaban J connectivity index is 2.06. The lowest BCUT2D eigenvalue weighted by atomic mass is 10.1. The number of carbonyl (C=O) groups is 1. The molecule has 0 amide bonds. The highest BCUT2D eigenvalue weighted by Gasteiger charge is 2.20. The number of hydrogen-bond acceptors (Lipinski definition) is 7. The average molecular weight is 404 g/mol. The molecule has 1 aromatic carbocycles. The van der Waals surface area contributed by atoms with E-state index in [0.717, 1.165) is 11.3 Å². The van der Waals surface area contributed by atoms with Crippen LogP contribution in [0.5, 0.6) is 5.75 Å². The van der Waals surface area contributed by atoms with E-state index in [1.807, 2.05) is 6.07 Å². The van der Waals surface area contributed by atoms with E-state index in [-0.39, 0.29) is 16.2 Å². The van der Waals surface area contributed by atoms with Crippen LogP contribution in [0.4, 0.5) is 20.3 Å². The zero-order chi connectivity index (χ0) is 20.3. The van der Waals surface area contributed by atoms with Crippen LogP contribution >= 0.6 is 11.3 Å². The number of anilines is 2. The van der Waals surface area contributed by atoms with E-state index in [4.69, 9.17) is 10.00 Å². The SMILES string of the molecule is Cc1c(C(=O)O)sc2ncnc(Nc3ccc(C#N)cc3OC(CF)CF)c12. The Labute approximate surface area is 162 Å². The quantitative estimate of drug-likeness (QED) is 0.613. The molecule has 0 radical (unpaired) electrons. The summed E-state index contributed by atoms with van der Waals surface area (Å²) >= 11 is 1.02. The minimum atomic E-state index is -1.30. The second kappa shape index (κ2) is 8.14. The van der Waals surface area contributed by atoms with Gasteiger partial charge in [0, 0.05) is 6.07 Å². The number of carboxylic acid groups (broad SMARTS) is 1. The summed E-state index contributed by atoms with van der Waals surface area (Å²) in [5.74, 6) is -0.669. The number of benzene rings is 1. The van der Waals surface area contributed by atoms with E-state index in [9.17, 15) is 18.7 Å². The number of alkyl halides is 2. The number of carboxylic acids is 1. The van der Waals surface area contributed by atoms with Crippen LogP contribution in [0.15, 0.2) is 24.5 Å². The Bertz CT molecular complexity index is 1080. The number of aryl methyl sites for hydroxylation is 1. The van der Waals surface area contributed by atoms with Gasteiger partial charge in [0.2, 0.25) is 0 Å². The lowest BCUT2D eigenvalue weighted by Gasteiger charge is -2.17. The van der Waals surface area contributed by atoms with E-state index < -0.39 is 25.4 Å². The molecule has 28 heavy (non-hydrogen) atoms. The maximum absolute atomic E-state index is 12.9. The standard InChI is InChI=1S/C18H14F2N4O3S/c1-9-14-16(22-8-23-17(14)28-15(9)18(25)26)24-12-3-2-10(7-21)4-13(12)27-11(5-19)6-20/h2-4,8,11H,5-6H2,1H3,(H,25,26)(H,22,23,24). The summed E-state index contributed by atoms with van der Waals surface area (Å²) in [6.07, 6.45) is -0.0241. The normalized spacial score (nSPS) is 10.8. The molecule has 0 fully saturated rings. The number of halogens is 2. The summed E-state index contributed by atoms with van der Waals surface area (Å²) in [6, 6.07) is 6.33. The fourth-order valence-corrected chi connectivity index (χ4v) is 3.56. The number of rotatable bonds is 7. The van der Waals surface area contributed by atoms with Crippen molar-refractivity contribution in [3.8, 4) is 11.8 Å². The lowest BCUT2D eigenvalue weighted by Crippen LogP contribution is -2.21. The summed E-state index contributed by atoms with van der Waals surface area (Å²) in [5, 5.41) is 21.9. The number of thiophene rings is 1. The Morgan fingerprint density at radius 3 is 2.79 bits per heavy atom. The molecule has 0 atom stereocenters. The van der Waals surface area contributed by atoms with Gasteiger partial charge in [-0.3, -0.25) is 0 Å². The molecule has 0 bridgehead atoms. The molecular weight excluding hydrogens is 390 g/mol. The van der Waals surface area contributed by atoms with Crippen LogP contribution in [0.25, 0.3) is 10.2 Å². The predicted octanol–water partition coefficient (Wildman–Crippen LogP) is 4.00. The molecule has 0 spiro atoms. The minimum absolute atomic E-state index is 0.0810. The van der Waals surface area contributed by atoms with Crippen LogP contribution in [0.2, 0.25) is 0 Å². The van der Waals surface area contributed by atoms with Crippen molar-refractivity contribution >= 4 is 39.0 Å². The first kappa shape index (κ1) is 19.4. The van der Waals surface area contributed by atoms with Gasteiger partial charge < -0.3 is 15.2 Å². The molecule has 2 N–H and O–H groups in total. The Kier molecular flexibility index (Phi) is 5.65. The number of nitrogens with zero attached hydrogens (tertiary/aromatic N) is 3. The molecule has 144 valence electrons. The number of nitriles is 1. The smallest absolute Gasteiger partial charge is 0.346 e. The third-order valence-corrected chi connectivity index (χ3v) is 5.11. The summed E-state index contributed by atoms with van der Waals surface area (Å²) in [7, 11) is 0. The van der Waals surface area contributed by atoms with E-state index in [2.05, 4.69) is 15.3 Å². The van der Waals surface area contributed by atoms with Gasteiger partial charge >= 0.3 is 5.97 Å². The van der Waals surface area contributed by atoms with E-state index >= 15 is 0 Å². The molecule has 0 unspecified atom stereocenters. The molecule has 0 aliphatic rings. The number of ether oxygens (including phenoxy) is 1. The van der Waals surface area contributed by atoms with Gasteiger partial charge in [-0.25, -0.2) is 23.5 Å². The van der Waals surface area contributed by atoms with Crippen LogP contribution in [0.3, 0.4) is 0 Å². The fourth-order valence-electron chi connectivity index (χ4n) is 2.57. The molecule has 0 aliphatic heterocycles. The lowest BCUT2D eigenvalue weighted by molar-refractivity contribution is 0.0701. The summed E-state index contributed by atoms with van der Waals surface area (Å²) in [5.41, 5.74) is 1.08. The van der Waals surface area contributed by atoms with Crippen molar-refractivity contribution in [1.82, 2.24) is 9.97 Å². The first-order chi connectivity index (χ1) is 13.5. The number of fused-ring (bicyclic) bond motifs is 1. The van der Waals surface area contributed by atoms with Gasteiger partial charge in [0.05, 0.1) is 22.7 Å². The zero-order valence-corrected chi connectivity index (χ0v) is 15.4. The maximum Gasteiger partial charge on any atom is 0.346 e. The van der Waals surface area contributed by atoms with Gasteiger partial charge in [0.1, 0.15) is 41.0 Å². The first-order valence-corrected chi connectivity index (χ1v) is 8.87. The average Bonchev–Trinajstić information content (AvgIpc) is 3.05. The number of aromatic nitrogens is 2.